The van der Waals surface area contributed by atoms with Crippen LogP contribution in [0.4, 0.5) is 5.69 Å². The van der Waals surface area contributed by atoms with Gasteiger partial charge in [-0.3, -0.25) is 0 Å². The molecule has 0 spiro atoms. The van der Waals surface area contributed by atoms with Crippen LogP contribution in [0.3, 0.4) is 0 Å². The van der Waals surface area contributed by atoms with Crippen molar-refractivity contribution < 1.29 is 9.26 Å². The zero-order valence-corrected chi connectivity index (χ0v) is 13.1. The van der Waals surface area contributed by atoms with Crippen molar-refractivity contribution in [3.8, 4) is 11.5 Å². The van der Waals surface area contributed by atoms with Gasteiger partial charge >= 0.3 is 0 Å². The molecule has 5 heteroatoms. The molecule has 0 saturated heterocycles. The second-order valence-electron chi connectivity index (χ2n) is 5.13. The number of nitrogens with zero attached hydrogens (tertiary/aromatic N) is 2. The van der Waals surface area contributed by atoms with E-state index in [0.717, 1.165) is 24.0 Å². The maximum Gasteiger partial charge on any atom is 0.258 e. The quantitative estimate of drug-likeness (QED) is 0.821. The highest BCUT2D eigenvalue weighted by Crippen LogP contribution is 2.32. The molecule has 0 aliphatic heterocycles. The van der Waals surface area contributed by atoms with Crippen LogP contribution in [0.1, 0.15) is 45.0 Å². The van der Waals surface area contributed by atoms with Gasteiger partial charge in [-0.25, -0.2) is 0 Å². The molecule has 0 aliphatic carbocycles. The number of nitrogen functional groups attached to an aromatic ring is 1. The van der Waals surface area contributed by atoms with E-state index in [9.17, 15) is 0 Å². The number of aromatic nitrogens is 2. The molecule has 0 bridgehead atoms. The molecule has 2 aromatic rings. The average Bonchev–Trinajstić information content (AvgIpc) is 2.98. The van der Waals surface area contributed by atoms with Gasteiger partial charge < -0.3 is 15.0 Å². The predicted molar refractivity (Wildman–Crippen MR) is 82.8 cm³/mol. The smallest absolute Gasteiger partial charge is 0.258 e. The van der Waals surface area contributed by atoms with Crippen LogP contribution in [-0.4, -0.2) is 16.7 Å². The minimum Gasteiger partial charge on any atom is -0.398 e. The summed E-state index contributed by atoms with van der Waals surface area (Å²) in [5.74, 6) is 1.08. The molecule has 0 fully saturated rings. The van der Waals surface area contributed by atoms with Crippen molar-refractivity contribution >= 4 is 5.69 Å². The summed E-state index contributed by atoms with van der Waals surface area (Å²) in [6.45, 7) is 8.69. The number of anilines is 1. The van der Waals surface area contributed by atoms with E-state index in [0.29, 0.717) is 24.0 Å². The lowest BCUT2D eigenvalue weighted by molar-refractivity contribution is -0.0583. The van der Waals surface area contributed by atoms with Gasteiger partial charge in [-0.15, -0.1) is 0 Å². The summed E-state index contributed by atoms with van der Waals surface area (Å²) in [4.78, 5) is 4.53. The number of hydrogen-bond acceptors (Lipinski definition) is 5. The van der Waals surface area contributed by atoms with Crippen molar-refractivity contribution in [3.05, 3.63) is 29.6 Å². The Morgan fingerprint density at radius 3 is 2.52 bits per heavy atom. The summed E-state index contributed by atoms with van der Waals surface area (Å²) in [5.41, 5.74) is 8.03. The molecule has 1 aromatic heterocycles. The van der Waals surface area contributed by atoms with Gasteiger partial charge in [0.15, 0.2) is 0 Å². The fraction of sp³-hybridized carbons (Fsp3) is 0.500. The van der Waals surface area contributed by atoms with E-state index in [1.807, 2.05) is 32.0 Å². The molecule has 5 nitrogen and oxygen atoms in total. The molecule has 1 aromatic carbocycles. The van der Waals surface area contributed by atoms with Crippen LogP contribution in [0, 0.1) is 6.92 Å². The van der Waals surface area contributed by atoms with Gasteiger partial charge in [-0.05, 0) is 44.4 Å². The summed E-state index contributed by atoms with van der Waals surface area (Å²) < 4.78 is 11.3. The lowest BCUT2D eigenvalue weighted by Crippen LogP contribution is -2.29. The maximum atomic E-state index is 5.94. The number of hydrogen-bond donors (Lipinski definition) is 1. The molecule has 0 unspecified atom stereocenters. The minimum absolute atomic E-state index is 0.475. The van der Waals surface area contributed by atoms with Crippen molar-refractivity contribution in [2.75, 3.05) is 12.3 Å². The monoisotopic (exact) mass is 289 g/mol. The highest BCUT2D eigenvalue weighted by Gasteiger charge is 2.34. The van der Waals surface area contributed by atoms with Gasteiger partial charge in [0.1, 0.15) is 5.60 Å². The Morgan fingerprint density at radius 1 is 1.24 bits per heavy atom. The second kappa shape index (κ2) is 6.26. The Kier molecular flexibility index (Phi) is 4.63. The Hall–Kier alpha value is -1.88. The molecule has 2 N–H and O–H groups in total. The van der Waals surface area contributed by atoms with Crippen molar-refractivity contribution in [2.24, 2.45) is 0 Å². The van der Waals surface area contributed by atoms with Crippen molar-refractivity contribution in [2.45, 2.75) is 46.1 Å². The standard InChI is InChI=1S/C16H23N3O2/c1-5-16(6-2,20-7-3)15-18-14(21-19-15)12-9-8-11(4)13(17)10-12/h8-10H,5-7,17H2,1-4H3. The molecule has 114 valence electrons. The van der Waals surface area contributed by atoms with Crippen LogP contribution >= 0.6 is 0 Å². The Bertz CT molecular complexity index is 603. The highest BCUT2D eigenvalue weighted by atomic mass is 16.5. The van der Waals surface area contributed by atoms with E-state index in [2.05, 4.69) is 24.0 Å². The molecule has 0 aliphatic rings. The van der Waals surface area contributed by atoms with E-state index in [4.69, 9.17) is 15.0 Å². The zero-order chi connectivity index (χ0) is 15.5. The summed E-state index contributed by atoms with van der Waals surface area (Å²) in [6, 6.07) is 5.74. The molecule has 2 rings (SSSR count). The summed E-state index contributed by atoms with van der Waals surface area (Å²) in [6.07, 6.45) is 1.60. The zero-order valence-electron chi connectivity index (χ0n) is 13.1. The van der Waals surface area contributed by atoms with Gasteiger partial charge in [-0.2, -0.15) is 4.98 Å². The lowest BCUT2D eigenvalue weighted by atomic mass is 9.96. The topological polar surface area (TPSA) is 74.2 Å². The van der Waals surface area contributed by atoms with Crippen LogP contribution in [0.25, 0.3) is 11.5 Å². The normalized spacial score (nSPS) is 11.8. The maximum absolute atomic E-state index is 5.94. The van der Waals surface area contributed by atoms with E-state index >= 15 is 0 Å². The first kappa shape index (κ1) is 15.5. The fourth-order valence-corrected chi connectivity index (χ4v) is 2.41. The van der Waals surface area contributed by atoms with Gasteiger partial charge in [0.25, 0.3) is 5.89 Å². The third kappa shape index (κ3) is 2.93. The largest absolute Gasteiger partial charge is 0.398 e. The molecule has 21 heavy (non-hydrogen) atoms. The predicted octanol–water partition coefficient (Wildman–Crippen LogP) is 3.68. The van der Waals surface area contributed by atoms with Crippen LogP contribution in [0.2, 0.25) is 0 Å². The van der Waals surface area contributed by atoms with E-state index < -0.39 is 5.60 Å². The Morgan fingerprint density at radius 2 is 1.95 bits per heavy atom. The van der Waals surface area contributed by atoms with Gasteiger partial charge in [0.2, 0.25) is 5.82 Å². The summed E-state index contributed by atoms with van der Waals surface area (Å²) in [5, 5.41) is 4.13. The highest BCUT2D eigenvalue weighted by molar-refractivity contribution is 5.62. The molecule has 1 heterocycles. The van der Waals surface area contributed by atoms with Crippen molar-refractivity contribution in [3.63, 3.8) is 0 Å². The molecule has 0 atom stereocenters. The Labute approximate surface area is 125 Å². The summed E-state index contributed by atoms with van der Waals surface area (Å²) in [7, 11) is 0. The number of ether oxygens (including phenoxy) is 1. The lowest BCUT2D eigenvalue weighted by Gasteiger charge is -2.27. The van der Waals surface area contributed by atoms with Crippen LogP contribution < -0.4 is 5.73 Å². The molecular weight excluding hydrogens is 266 g/mol. The number of rotatable bonds is 6. The van der Waals surface area contributed by atoms with Gasteiger partial charge in [-0.1, -0.05) is 25.1 Å². The second-order valence-corrected chi connectivity index (χ2v) is 5.13. The van der Waals surface area contributed by atoms with Crippen LogP contribution in [0.15, 0.2) is 22.7 Å². The number of nitrogens with two attached hydrogens (primary N) is 1. The SMILES string of the molecule is CCOC(CC)(CC)c1noc(-c2ccc(C)c(N)c2)n1. The van der Waals surface area contributed by atoms with Crippen LogP contribution in [-0.2, 0) is 10.3 Å². The minimum atomic E-state index is -0.479. The van der Waals surface area contributed by atoms with E-state index in [1.165, 1.54) is 0 Å². The third-order valence-electron chi connectivity index (χ3n) is 3.92. The van der Waals surface area contributed by atoms with Crippen molar-refractivity contribution in [1.29, 1.82) is 0 Å². The average molecular weight is 289 g/mol. The van der Waals surface area contributed by atoms with Gasteiger partial charge in [0, 0.05) is 17.9 Å². The first-order valence-corrected chi connectivity index (χ1v) is 7.41. The Balaban J connectivity index is 2.38. The molecule has 0 radical (unpaired) electrons. The third-order valence-corrected chi connectivity index (χ3v) is 3.92. The van der Waals surface area contributed by atoms with E-state index in [1.54, 1.807) is 0 Å². The van der Waals surface area contributed by atoms with Crippen LogP contribution in [0.5, 0.6) is 0 Å². The first-order valence-electron chi connectivity index (χ1n) is 7.41. The van der Waals surface area contributed by atoms with Crippen molar-refractivity contribution in [1.82, 2.24) is 10.1 Å². The van der Waals surface area contributed by atoms with E-state index in [-0.39, 0.29) is 0 Å². The first-order chi connectivity index (χ1) is 10.1. The number of benzene rings is 1. The molecule has 0 amide bonds. The molecule has 0 saturated carbocycles. The van der Waals surface area contributed by atoms with Gasteiger partial charge in [0.05, 0.1) is 0 Å². The fourth-order valence-electron chi connectivity index (χ4n) is 2.41. The molecular formula is C16H23N3O2. The summed E-state index contributed by atoms with van der Waals surface area (Å²) >= 11 is 0. The number of aryl methyl sites for hydroxylation is 1.